The molecule has 1 aromatic heterocycles. The molecule has 106 valence electrons. The highest BCUT2D eigenvalue weighted by atomic mass is 32.2. The molecule has 0 N–H and O–H groups in total. The van der Waals surface area contributed by atoms with Gasteiger partial charge in [0.15, 0.2) is 0 Å². The first kappa shape index (κ1) is 14.8. The van der Waals surface area contributed by atoms with E-state index in [1.807, 2.05) is 12.3 Å². The molecule has 1 heterocycles. The van der Waals surface area contributed by atoms with Crippen LogP contribution in [0.3, 0.4) is 0 Å². The van der Waals surface area contributed by atoms with Crippen molar-refractivity contribution in [1.82, 2.24) is 8.87 Å². The average Bonchev–Trinajstić information content (AvgIpc) is 2.44. The van der Waals surface area contributed by atoms with Crippen LogP contribution in [0, 0.1) is 5.82 Å². The minimum atomic E-state index is -0.220. The second kappa shape index (κ2) is 6.72. The zero-order valence-corrected chi connectivity index (χ0v) is 12.4. The van der Waals surface area contributed by atoms with Crippen molar-refractivity contribution in [3.63, 3.8) is 0 Å². The van der Waals surface area contributed by atoms with Crippen LogP contribution in [0.25, 0.3) is 0 Å². The van der Waals surface area contributed by atoms with Crippen LogP contribution >= 0.6 is 11.9 Å². The van der Waals surface area contributed by atoms with E-state index < -0.39 is 0 Å². The topological polar surface area (TPSA) is 25.2 Å². The fraction of sp³-hybridized carbons (Fsp3) is 0.267. The molecule has 1 aromatic carbocycles. The third kappa shape index (κ3) is 3.95. The van der Waals surface area contributed by atoms with Gasteiger partial charge in [-0.2, -0.15) is 0 Å². The number of hydrogen-bond acceptors (Lipinski definition) is 3. The summed E-state index contributed by atoms with van der Waals surface area (Å²) in [5.74, 6) is -0.220. The van der Waals surface area contributed by atoms with Gasteiger partial charge in [0.1, 0.15) is 5.82 Å². The van der Waals surface area contributed by atoms with Crippen LogP contribution in [-0.2, 0) is 13.6 Å². The second-order valence-electron chi connectivity index (χ2n) is 4.49. The van der Waals surface area contributed by atoms with Gasteiger partial charge in [-0.05, 0) is 35.7 Å². The summed E-state index contributed by atoms with van der Waals surface area (Å²) in [4.78, 5) is 12.4. The van der Waals surface area contributed by atoms with Crippen LogP contribution in [0.5, 0.6) is 0 Å². The van der Waals surface area contributed by atoms with Gasteiger partial charge < -0.3 is 4.57 Å². The largest absolute Gasteiger partial charge is 0.317 e. The lowest BCUT2D eigenvalue weighted by Crippen LogP contribution is -2.17. The summed E-state index contributed by atoms with van der Waals surface area (Å²) in [6.07, 6.45) is 1.82. The monoisotopic (exact) mass is 292 g/mol. The van der Waals surface area contributed by atoms with Crippen molar-refractivity contribution in [3.05, 3.63) is 64.3 Å². The normalized spacial score (nSPS) is 11.0. The van der Waals surface area contributed by atoms with E-state index in [-0.39, 0.29) is 11.4 Å². The van der Waals surface area contributed by atoms with Gasteiger partial charge in [-0.15, -0.1) is 0 Å². The molecule has 0 unspecified atom stereocenters. The Morgan fingerprint density at radius 1 is 1.20 bits per heavy atom. The standard InChI is InChI=1S/C15H17FN2OS/c1-3-18(10-12-4-6-13(16)7-5-12)20-14-8-9-15(19)17(2)11-14/h4-9,11H,3,10H2,1-2H3. The summed E-state index contributed by atoms with van der Waals surface area (Å²) in [5, 5.41) is 0. The minimum Gasteiger partial charge on any atom is -0.317 e. The number of benzene rings is 1. The van der Waals surface area contributed by atoms with E-state index in [9.17, 15) is 9.18 Å². The Morgan fingerprint density at radius 3 is 2.50 bits per heavy atom. The maximum absolute atomic E-state index is 12.9. The van der Waals surface area contributed by atoms with Gasteiger partial charge in [-0.3, -0.25) is 4.79 Å². The van der Waals surface area contributed by atoms with Crippen molar-refractivity contribution >= 4 is 11.9 Å². The summed E-state index contributed by atoms with van der Waals surface area (Å²) in [5.41, 5.74) is 1.04. The fourth-order valence-corrected chi connectivity index (χ4v) is 2.75. The summed E-state index contributed by atoms with van der Waals surface area (Å²) >= 11 is 1.59. The zero-order chi connectivity index (χ0) is 14.5. The molecule has 0 saturated heterocycles. The van der Waals surface area contributed by atoms with Gasteiger partial charge in [0.25, 0.3) is 0 Å². The van der Waals surface area contributed by atoms with Gasteiger partial charge in [0.2, 0.25) is 5.56 Å². The molecule has 0 saturated carbocycles. The Balaban J connectivity index is 2.06. The van der Waals surface area contributed by atoms with Crippen molar-refractivity contribution in [2.75, 3.05) is 6.54 Å². The molecular weight excluding hydrogens is 275 g/mol. The lowest BCUT2D eigenvalue weighted by Gasteiger charge is -2.19. The Labute approximate surface area is 122 Å². The fourth-order valence-electron chi connectivity index (χ4n) is 1.77. The highest BCUT2D eigenvalue weighted by Crippen LogP contribution is 2.23. The summed E-state index contributed by atoms with van der Waals surface area (Å²) in [6, 6.07) is 9.91. The van der Waals surface area contributed by atoms with E-state index in [1.165, 1.54) is 12.1 Å². The van der Waals surface area contributed by atoms with Gasteiger partial charge in [0.05, 0.1) is 0 Å². The van der Waals surface area contributed by atoms with Crippen LogP contribution in [-0.4, -0.2) is 15.4 Å². The number of aromatic nitrogens is 1. The van der Waals surface area contributed by atoms with Gasteiger partial charge >= 0.3 is 0 Å². The SMILES string of the molecule is CCN(Cc1ccc(F)cc1)Sc1ccc(=O)n(C)c1. The molecule has 0 amide bonds. The molecule has 2 aromatic rings. The first-order valence-electron chi connectivity index (χ1n) is 6.42. The van der Waals surface area contributed by atoms with E-state index in [0.29, 0.717) is 0 Å². The van der Waals surface area contributed by atoms with E-state index >= 15 is 0 Å². The van der Waals surface area contributed by atoms with E-state index in [2.05, 4.69) is 11.2 Å². The Kier molecular flexibility index (Phi) is 4.98. The first-order valence-corrected chi connectivity index (χ1v) is 7.20. The van der Waals surface area contributed by atoms with Crippen molar-refractivity contribution in [3.8, 4) is 0 Å². The van der Waals surface area contributed by atoms with Crippen LogP contribution in [0.15, 0.2) is 52.3 Å². The number of nitrogens with zero attached hydrogens (tertiary/aromatic N) is 2. The predicted molar refractivity (Wildman–Crippen MR) is 80.0 cm³/mol. The number of rotatable bonds is 5. The molecule has 0 spiro atoms. The minimum absolute atomic E-state index is 0.0177. The quantitative estimate of drug-likeness (QED) is 0.792. The molecule has 0 bridgehead atoms. The molecule has 20 heavy (non-hydrogen) atoms. The molecule has 5 heteroatoms. The molecule has 0 aliphatic rings. The van der Waals surface area contributed by atoms with Crippen LogP contribution in [0.1, 0.15) is 12.5 Å². The van der Waals surface area contributed by atoms with Crippen molar-refractivity contribution in [1.29, 1.82) is 0 Å². The third-order valence-electron chi connectivity index (χ3n) is 2.92. The maximum atomic E-state index is 12.9. The molecule has 0 radical (unpaired) electrons. The maximum Gasteiger partial charge on any atom is 0.250 e. The molecule has 0 aliphatic carbocycles. The Morgan fingerprint density at radius 2 is 1.90 bits per heavy atom. The molecule has 3 nitrogen and oxygen atoms in total. The van der Waals surface area contributed by atoms with E-state index in [0.717, 1.165) is 23.5 Å². The number of aryl methyl sites for hydroxylation is 1. The Bertz CT molecular complexity index is 625. The average molecular weight is 292 g/mol. The van der Waals surface area contributed by atoms with Gasteiger partial charge in [0, 0.05) is 37.3 Å². The highest BCUT2D eigenvalue weighted by molar-refractivity contribution is 7.97. The van der Waals surface area contributed by atoms with Crippen LogP contribution in [0.4, 0.5) is 4.39 Å². The molecule has 2 rings (SSSR count). The summed E-state index contributed by atoms with van der Waals surface area (Å²) in [6.45, 7) is 3.65. The number of halogens is 1. The second-order valence-corrected chi connectivity index (χ2v) is 5.66. The number of hydrogen-bond donors (Lipinski definition) is 0. The summed E-state index contributed by atoms with van der Waals surface area (Å²) in [7, 11) is 1.74. The van der Waals surface area contributed by atoms with Crippen molar-refractivity contribution in [2.24, 2.45) is 7.05 Å². The summed E-state index contributed by atoms with van der Waals surface area (Å²) < 4.78 is 16.6. The lowest BCUT2D eigenvalue weighted by atomic mass is 10.2. The van der Waals surface area contributed by atoms with Crippen LogP contribution < -0.4 is 5.56 Å². The lowest BCUT2D eigenvalue weighted by molar-refractivity contribution is 0.491. The van der Waals surface area contributed by atoms with Gasteiger partial charge in [-0.25, -0.2) is 8.70 Å². The predicted octanol–water partition coefficient (Wildman–Crippen LogP) is 3.05. The van der Waals surface area contributed by atoms with Crippen molar-refractivity contribution < 1.29 is 4.39 Å². The number of pyridine rings is 1. The van der Waals surface area contributed by atoms with E-state index in [4.69, 9.17) is 0 Å². The first-order chi connectivity index (χ1) is 9.58. The molecule has 0 atom stereocenters. The zero-order valence-electron chi connectivity index (χ0n) is 11.5. The molecule has 0 fully saturated rings. The third-order valence-corrected chi connectivity index (χ3v) is 4.02. The molecule has 0 aliphatic heterocycles. The van der Waals surface area contributed by atoms with E-state index in [1.54, 1.807) is 41.8 Å². The highest BCUT2D eigenvalue weighted by Gasteiger charge is 2.07. The van der Waals surface area contributed by atoms with Crippen LogP contribution in [0.2, 0.25) is 0 Å². The Hall–Kier alpha value is -1.59. The van der Waals surface area contributed by atoms with Crippen molar-refractivity contribution in [2.45, 2.75) is 18.4 Å². The smallest absolute Gasteiger partial charge is 0.250 e. The molecular formula is C15H17FN2OS. The van der Waals surface area contributed by atoms with Gasteiger partial charge in [-0.1, -0.05) is 19.1 Å².